The first-order valence-corrected chi connectivity index (χ1v) is 11.3. The number of benzene rings is 3. The summed E-state index contributed by atoms with van der Waals surface area (Å²) in [5.74, 6) is 1.49. The summed E-state index contributed by atoms with van der Waals surface area (Å²) in [7, 11) is 3.15. The number of aromatic nitrogens is 2. The lowest BCUT2D eigenvalue weighted by atomic mass is 9.85. The normalized spacial score (nSPS) is 11.0. The van der Waals surface area contributed by atoms with E-state index in [2.05, 4.69) is 26.7 Å². The maximum atomic E-state index is 13.0. The van der Waals surface area contributed by atoms with Crippen molar-refractivity contribution >= 4 is 34.0 Å². The number of anilines is 3. The SMILES string of the molecule is COc1cc2ncnc(Nc3cc(NC(=O)c4cccc(C(C)(C)C#N)c4)ccc3C)c2cc1OC. The zero-order valence-electron chi connectivity index (χ0n) is 20.8. The van der Waals surface area contributed by atoms with E-state index < -0.39 is 5.41 Å². The highest BCUT2D eigenvalue weighted by molar-refractivity contribution is 6.04. The van der Waals surface area contributed by atoms with Crippen molar-refractivity contribution in [1.29, 1.82) is 5.26 Å². The predicted octanol–water partition coefficient (Wildman–Crippen LogP) is 5.75. The molecular weight excluding hydrogens is 454 g/mol. The Hall–Kier alpha value is -4.64. The van der Waals surface area contributed by atoms with Crippen molar-refractivity contribution in [1.82, 2.24) is 9.97 Å². The molecule has 182 valence electrons. The monoisotopic (exact) mass is 481 g/mol. The summed E-state index contributed by atoms with van der Waals surface area (Å²) in [6, 6.07) is 18.6. The summed E-state index contributed by atoms with van der Waals surface area (Å²) in [5, 5.41) is 16.5. The number of aryl methyl sites for hydroxylation is 1. The Kier molecular flexibility index (Phi) is 6.75. The van der Waals surface area contributed by atoms with Crippen molar-refractivity contribution < 1.29 is 14.3 Å². The molecule has 3 aromatic carbocycles. The van der Waals surface area contributed by atoms with Gasteiger partial charge in [0.1, 0.15) is 12.1 Å². The number of carbonyl (C=O) groups excluding carboxylic acids is 1. The van der Waals surface area contributed by atoms with Gasteiger partial charge in [-0.15, -0.1) is 0 Å². The van der Waals surface area contributed by atoms with Crippen molar-refractivity contribution in [3.63, 3.8) is 0 Å². The Balaban J connectivity index is 1.62. The average molecular weight is 482 g/mol. The highest BCUT2D eigenvalue weighted by atomic mass is 16.5. The fraction of sp³-hybridized carbons (Fsp3) is 0.214. The number of rotatable bonds is 7. The van der Waals surface area contributed by atoms with Crippen molar-refractivity contribution in [3.05, 3.63) is 77.6 Å². The first-order valence-electron chi connectivity index (χ1n) is 11.3. The third-order valence-corrected chi connectivity index (χ3v) is 6.02. The lowest BCUT2D eigenvalue weighted by molar-refractivity contribution is 0.102. The van der Waals surface area contributed by atoms with Crippen molar-refractivity contribution in [2.75, 3.05) is 24.9 Å². The maximum Gasteiger partial charge on any atom is 0.255 e. The van der Waals surface area contributed by atoms with Crippen molar-refractivity contribution in [2.24, 2.45) is 0 Å². The van der Waals surface area contributed by atoms with E-state index >= 15 is 0 Å². The largest absolute Gasteiger partial charge is 0.493 e. The number of nitrogens with zero attached hydrogens (tertiary/aromatic N) is 3. The van der Waals surface area contributed by atoms with Gasteiger partial charge in [0.15, 0.2) is 11.5 Å². The molecule has 4 aromatic rings. The van der Waals surface area contributed by atoms with Crippen LogP contribution in [0.3, 0.4) is 0 Å². The van der Waals surface area contributed by atoms with Crippen LogP contribution in [0.1, 0.15) is 35.3 Å². The van der Waals surface area contributed by atoms with E-state index in [9.17, 15) is 10.1 Å². The van der Waals surface area contributed by atoms with Gasteiger partial charge in [-0.05, 0) is 62.2 Å². The van der Waals surface area contributed by atoms with Crippen LogP contribution in [-0.4, -0.2) is 30.1 Å². The molecule has 0 aliphatic heterocycles. The molecule has 0 saturated heterocycles. The molecule has 2 N–H and O–H groups in total. The molecule has 0 saturated carbocycles. The topological polar surface area (TPSA) is 109 Å². The van der Waals surface area contributed by atoms with Gasteiger partial charge < -0.3 is 20.1 Å². The second-order valence-corrected chi connectivity index (χ2v) is 8.87. The van der Waals surface area contributed by atoms with E-state index in [4.69, 9.17) is 9.47 Å². The molecule has 0 fully saturated rings. The number of hydrogen-bond donors (Lipinski definition) is 2. The van der Waals surface area contributed by atoms with Crippen LogP contribution in [-0.2, 0) is 5.41 Å². The van der Waals surface area contributed by atoms with Gasteiger partial charge in [0.05, 0.1) is 31.2 Å². The highest BCUT2D eigenvalue weighted by Crippen LogP contribution is 2.35. The molecule has 0 spiro atoms. The molecule has 1 amide bonds. The number of ether oxygens (including phenoxy) is 2. The maximum absolute atomic E-state index is 13.0. The molecule has 0 radical (unpaired) electrons. The summed E-state index contributed by atoms with van der Waals surface area (Å²) in [5.41, 5.74) is 3.65. The second kappa shape index (κ2) is 9.92. The molecule has 0 aliphatic rings. The summed E-state index contributed by atoms with van der Waals surface area (Å²) in [4.78, 5) is 21.7. The van der Waals surface area contributed by atoms with Gasteiger partial charge in [-0.2, -0.15) is 5.26 Å². The minimum atomic E-state index is -0.690. The molecular formula is C28H27N5O3. The van der Waals surface area contributed by atoms with E-state index in [-0.39, 0.29) is 5.91 Å². The van der Waals surface area contributed by atoms with Gasteiger partial charge >= 0.3 is 0 Å². The Morgan fingerprint density at radius 1 is 1.00 bits per heavy atom. The average Bonchev–Trinajstić information content (AvgIpc) is 2.89. The van der Waals surface area contributed by atoms with Crippen LogP contribution in [0.25, 0.3) is 10.9 Å². The third-order valence-electron chi connectivity index (χ3n) is 6.02. The van der Waals surface area contributed by atoms with Crippen LogP contribution in [0, 0.1) is 18.3 Å². The standard InChI is InChI=1S/C28H27N5O3/c1-17-9-10-20(32-27(34)18-7-6-8-19(11-18)28(2,3)15-29)12-22(17)33-26-21-13-24(35-4)25(36-5)14-23(21)30-16-31-26/h6-14,16H,1-5H3,(H,32,34)(H,30,31,33). The lowest BCUT2D eigenvalue weighted by Crippen LogP contribution is -2.17. The van der Waals surface area contributed by atoms with Crippen LogP contribution in [0.2, 0.25) is 0 Å². The van der Waals surface area contributed by atoms with Crippen molar-refractivity contribution in [3.8, 4) is 17.6 Å². The molecule has 8 heteroatoms. The van der Waals surface area contributed by atoms with E-state index in [1.165, 1.54) is 6.33 Å². The Morgan fingerprint density at radius 3 is 2.47 bits per heavy atom. The fourth-order valence-electron chi connectivity index (χ4n) is 3.76. The molecule has 0 atom stereocenters. The number of methoxy groups -OCH3 is 2. The Bertz CT molecular complexity index is 1490. The number of nitrogens with one attached hydrogen (secondary N) is 2. The van der Waals surface area contributed by atoms with E-state index in [1.54, 1.807) is 38.5 Å². The predicted molar refractivity (Wildman–Crippen MR) is 140 cm³/mol. The van der Waals surface area contributed by atoms with Gasteiger partial charge in [0.25, 0.3) is 5.91 Å². The quantitative estimate of drug-likeness (QED) is 0.346. The molecule has 36 heavy (non-hydrogen) atoms. The van der Waals surface area contributed by atoms with Crippen LogP contribution < -0.4 is 20.1 Å². The van der Waals surface area contributed by atoms with Gasteiger partial charge in [0.2, 0.25) is 0 Å². The minimum Gasteiger partial charge on any atom is -0.493 e. The smallest absolute Gasteiger partial charge is 0.255 e. The Labute approximate surface area is 209 Å². The second-order valence-electron chi connectivity index (χ2n) is 8.87. The zero-order chi connectivity index (χ0) is 25.9. The van der Waals surface area contributed by atoms with E-state index in [0.717, 1.165) is 22.2 Å². The summed E-state index contributed by atoms with van der Waals surface area (Å²) >= 11 is 0. The molecule has 4 rings (SSSR count). The minimum absolute atomic E-state index is 0.260. The molecule has 8 nitrogen and oxygen atoms in total. The van der Waals surface area contributed by atoms with E-state index in [0.29, 0.717) is 34.1 Å². The molecule has 0 aliphatic carbocycles. The van der Waals surface area contributed by atoms with Gasteiger partial charge in [0, 0.05) is 28.4 Å². The van der Waals surface area contributed by atoms with Gasteiger partial charge in [-0.25, -0.2) is 9.97 Å². The first-order chi connectivity index (χ1) is 17.2. The van der Waals surface area contributed by atoms with Gasteiger partial charge in [-0.1, -0.05) is 18.2 Å². The zero-order valence-corrected chi connectivity index (χ0v) is 20.8. The third kappa shape index (κ3) is 4.91. The lowest BCUT2D eigenvalue weighted by Gasteiger charge is -2.17. The number of amides is 1. The van der Waals surface area contributed by atoms with Crippen LogP contribution in [0.4, 0.5) is 17.2 Å². The summed E-state index contributed by atoms with van der Waals surface area (Å²) in [6.45, 7) is 5.61. The Morgan fingerprint density at radius 2 is 1.75 bits per heavy atom. The van der Waals surface area contributed by atoms with Crippen molar-refractivity contribution in [2.45, 2.75) is 26.2 Å². The first kappa shape index (κ1) is 24.5. The fourth-order valence-corrected chi connectivity index (χ4v) is 3.76. The molecule has 1 aromatic heterocycles. The number of carbonyl (C=O) groups is 1. The van der Waals surface area contributed by atoms with Crippen LogP contribution in [0.5, 0.6) is 11.5 Å². The van der Waals surface area contributed by atoms with Crippen LogP contribution >= 0.6 is 0 Å². The molecule has 0 bridgehead atoms. The molecule has 1 heterocycles. The number of nitriles is 1. The number of hydrogen-bond acceptors (Lipinski definition) is 7. The highest BCUT2D eigenvalue weighted by Gasteiger charge is 2.21. The molecule has 0 unspecified atom stereocenters. The van der Waals surface area contributed by atoms with Crippen LogP contribution in [0.15, 0.2) is 60.9 Å². The van der Waals surface area contributed by atoms with Gasteiger partial charge in [-0.3, -0.25) is 4.79 Å². The van der Waals surface area contributed by atoms with E-state index in [1.807, 2.05) is 51.1 Å². The summed E-state index contributed by atoms with van der Waals surface area (Å²) < 4.78 is 10.8. The number of fused-ring (bicyclic) bond motifs is 1. The summed E-state index contributed by atoms with van der Waals surface area (Å²) in [6.07, 6.45) is 1.48.